The molecule has 31 heavy (non-hydrogen) atoms. The van der Waals surface area contributed by atoms with Gasteiger partial charge < -0.3 is 24.6 Å². The zero-order chi connectivity index (χ0) is 22.4. The van der Waals surface area contributed by atoms with Crippen LogP contribution in [-0.2, 0) is 7.05 Å². The lowest BCUT2D eigenvalue weighted by Crippen LogP contribution is -2.40. The molecule has 1 fully saturated rings. The smallest absolute Gasteiger partial charge is 0.194 e. The number of likely N-dealkylation sites (N-methyl/N-ethyl adjacent to an activating group) is 1. The van der Waals surface area contributed by atoms with Crippen molar-refractivity contribution in [2.45, 2.75) is 25.3 Å². The molecule has 8 heteroatoms. The van der Waals surface area contributed by atoms with Crippen molar-refractivity contribution in [3.8, 4) is 11.5 Å². The van der Waals surface area contributed by atoms with Gasteiger partial charge in [-0.05, 0) is 45.1 Å². The number of nitrogens with zero attached hydrogens (tertiary/aromatic N) is 5. The summed E-state index contributed by atoms with van der Waals surface area (Å²) in [6, 6.07) is 6.33. The molecule has 170 valence electrons. The van der Waals surface area contributed by atoms with Crippen LogP contribution < -0.4 is 14.8 Å². The van der Waals surface area contributed by atoms with E-state index in [9.17, 15) is 0 Å². The molecule has 3 rings (SSSR count). The summed E-state index contributed by atoms with van der Waals surface area (Å²) in [4.78, 5) is 9.55. The van der Waals surface area contributed by atoms with Crippen LogP contribution in [0.5, 0.6) is 11.5 Å². The second-order valence-corrected chi connectivity index (χ2v) is 8.20. The molecule has 2 heterocycles. The van der Waals surface area contributed by atoms with Gasteiger partial charge in [0.15, 0.2) is 5.96 Å². The number of hydrogen-bond donors (Lipinski definition) is 1. The first kappa shape index (κ1) is 22.9. The third-order valence-electron chi connectivity index (χ3n) is 5.81. The van der Waals surface area contributed by atoms with Crippen LogP contribution >= 0.6 is 0 Å². The molecule has 0 spiro atoms. The van der Waals surface area contributed by atoms with Gasteiger partial charge in [0.2, 0.25) is 0 Å². The first-order valence-corrected chi connectivity index (χ1v) is 10.9. The Labute approximate surface area is 185 Å². The van der Waals surface area contributed by atoms with E-state index >= 15 is 0 Å². The Bertz CT molecular complexity index is 856. The molecule has 2 atom stereocenters. The fourth-order valence-electron chi connectivity index (χ4n) is 4.07. The minimum atomic E-state index is 0.184. The van der Waals surface area contributed by atoms with Gasteiger partial charge in [-0.2, -0.15) is 5.10 Å². The molecule has 1 aromatic carbocycles. The van der Waals surface area contributed by atoms with Crippen molar-refractivity contribution in [2.24, 2.45) is 12.0 Å². The molecular formula is C23H36N6O2. The standard InChI is InChI=1S/C23H36N6O2/c1-7-24-23(25-14-22(27(2)3)19-13-26-28(4)15-19)29-9-8-17(16-29)18-10-20(30-5)12-21(11-18)31-6/h10-13,15,17,22H,7-9,14,16H2,1-6H3,(H,24,25). The van der Waals surface area contributed by atoms with E-state index in [0.29, 0.717) is 12.5 Å². The number of guanidine groups is 1. The molecule has 8 nitrogen and oxygen atoms in total. The Balaban J connectivity index is 1.74. The lowest BCUT2D eigenvalue weighted by molar-refractivity contribution is 0.305. The molecule has 1 aliphatic heterocycles. The van der Waals surface area contributed by atoms with Crippen LogP contribution in [0.4, 0.5) is 0 Å². The number of aromatic nitrogens is 2. The van der Waals surface area contributed by atoms with Crippen LogP contribution in [-0.4, -0.2) is 80.0 Å². The maximum Gasteiger partial charge on any atom is 0.194 e. The van der Waals surface area contributed by atoms with Crippen LogP contribution in [0.2, 0.25) is 0 Å². The summed E-state index contributed by atoms with van der Waals surface area (Å²) >= 11 is 0. The average Bonchev–Trinajstić information content (AvgIpc) is 3.42. The molecule has 0 saturated carbocycles. The van der Waals surface area contributed by atoms with Crippen molar-refractivity contribution in [3.05, 3.63) is 41.7 Å². The number of hydrogen-bond acceptors (Lipinski definition) is 5. The molecule has 1 N–H and O–H groups in total. The highest BCUT2D eigenvalue weighted by atomic mass is 16.5. The monoisotopic (exact) mass is 428 g/mol. The van der Waals surface area contributed by atoms with E-state index < -0.39 is 0 Å². The number of benzene rings is 1. The highest BCUT2D eigenvalue weighted by Gasteiger charge is 2.27. The molecular weight excluding hydrogens is 392 g/mol. The van der Waals surface area contributed by atoms with Crippen molar-refractivity contribution in [1.82, 2.24) is 24.9 Å². The van der Waals surface area contributed by atoms with E-state index in [2.05, 4.69) is 59.6 Å². The summed E-state index contributed by atoms with van der Waals surface area (Å²) in [6.07, 6.45) is 5.06. The fraction of sp³-hybridized carbons (Fsp3) is 0.565. The predicted octanol–water partition coefficient (Wildman–Crippen LogP) is 2.50. The highest BCUT2D eigenvalue weighted by molar-refractivity contribution is 5.80. The van der Waals surface area contributed by atoms with Gasteiger partial charge in [0.1, 0.15) is 11.5 Å². The number of ether oxygens (including phenoxy) is 2. The van der Waals surface area contributed by atoms with Gasteiger partial charge in [-0.25, -0.2) is 0 Å². The summed E-state index contributed by atoms with van der Waals surface area (Å²) in [5.74, 6) is 3.05. The topological polar surface area (TPSA) is 67.2 Å². The van der Waals surface area contributed by atoms with Crippen LogP contribution in [0.3, 0.4) is 0 Å². The molecule has 1 aromatic heterocycles. The summed E-state index contributed by atoms with van der Waals surface area (Å²) in [5, 5.41) is 7.81. The van der Waals surface area contributed by atoms with Gasteiger partial charge in [0, 0.05) is 50.4 Å². The quantitative estimate of drug-likeness (QED) is 0.515. The largest absolute Gasteiger partial charge is 0.497 e. The molecule has 1 aliphatic rings. The van der Waals surface area contributed by atoms with Crippen molar-refractivity contribution >= 4 is 5.96 Å². The van der Waals surface area contributed by atoms with Crippen molar-refractivity contribution in [2.75, 3.05) is 54.5 Å². The maximum atomic E-state index is 5.46. The van der Waals surface area contributed by atoms with E-state index in [1.807, 2.05) is 24.0 Å². The van der Waals surface area contributed by atoms with E-state index in [4.69, 9.17) is 14.5 Å². The van der Waals surface area contributed by atoms with Gasteiger partial charge in [-0.3, -0.25) is 9.67 Å². The van der Waals surface area contributed by atoms with Crippen LogP contribution in [0.25, 0.3) is 0 Å². The Hall–Kier alpha value is -2.74. The van der Waals surface area contributed by atoms with Gasteiger partial charge in [-0.1, -0.05) is 0 Å². The second-order valence-electron chi connectivity index (χ2n) is 8.20. The van der Waals surface area contributed by atoms with Crippen molar-refractivity contribution in [3.63, 3.8) is 0 Å². The molecule has 0 radical (unpaired) electrons. The number of nitrogens with one attached hydrogen (secondary N) is 1. The highest BCUT2D eigenvalue weighted by Crippen LogP contribution is 2.33. The Kier molecular flexibility index (Phi) is 7.79. The van der Waals surface area contributed by atoms with E-state index in [-0.39, 0.29) is 6.04 Å². The summed E-state index contributed by atoms with van der Waals surface area (Å²) in [7, 11) is 9.50. The zero-order valence-corrected chi connectivity index (χ0v) is 19.6. The lowest BCUT2D eigenvalue weighted by Gasteiger charge is -2.25. The van der Waals surface area contributed by atoms with Gasteiger partial charge in [0.25, 0.3) is 0 Å². The Morgan fingerprint density at radius 2 is 1.97 bits per heavy atom. The molecule has 2 unspecified atom stereocenters. The number of likely N-dealkylation sites (tertiary alicyclic amines) is 1. The third kappa shape index (κ3) is 5.70. The van der Waals surface area contributed by atoms with Gasteiger partial charge in [0.05, 0.1) is 33.0 Å². The lowest BCUT2D eigenvalue weighted by atomic mass is 9.98. The molecule has 0 amide bonds. The second kappa shape index (κ2) is 10.5. The molecule has 2 aromatic rings. The SMILES string of the molecule is CCNC(=NCC(c1cnn(C)c1)N(C)C)N1CCC(c2cc(OC)cc(OC)c2)C1. The molecule has 1 saturated heterocycles. The normalized spacial score (nSPS) is 17.8. The minimum absolute atomic E-state index is 0.184. The maximum absolute atomic E-state index is 5.46. The number of aryl methyl sites for hydroxylation is 1. The summed E-state index contributed by atoms with van der Waals surface area (Å²) < 4.78 is 12.8. The van der Waals surface area contributed by atoms with E-state index in [1.165, 1.54) is 11.1 Å². The van der Waals surface area contributed by atoms with Crippen LogP contribution in [0.1, 0.15) is 36.4 Å². The first-order chi connectivity index (χ1) is 14.9. The number of rotatable bonds is 8. The van der Waals surface area contributed by atoms with E-state index in [0.717, 1.165) is 43.5 Å². The van der Waals surface area contributed by atoms with Gasteiger partial charge >= 0.3 is 0 Å². The molecule has 0 aliphatic carbocycles. The Morgan fingerprint density at radius 3 is 2.52 bits per heavy atom. The summed E-state index contributed by atoms with van der Waals surface area (Å²) in [6.45, 7) is 5.51. The van der Waals surface area contributed by atoms with E-state index in [1.54, 1.807) is 14.2 Å². The fourth-order valence-corrected chi connectivity index (χ4v) is 4.07. The zero-order valence-electron chi connectivity index (χ0n) is 19.6. The predicted molar refractivity (Wildman–Crippen MR) is 124 cm³/mol. The van der Waals surface area contributed by atoms with Crippen molar-refractivity contribution in [1.29, 1.82) is 0 Å². The third-order valence-corrected chi connectivity index (χ3v) is 5.81. The van der Waals surface area contributed by atoms with Crippen LogP contribution in [0.15, 0.2) is 35.6 Å². The minimum Gasteiger partial charge on any atom is -0.497 e. The van der Waals surface area contributed by atoms with Gasteiger partial charge in [-0.15, -0.1) is 0 Å². The first-order valence-electron chi connectivity index (χ1n) is 10.9. The number of aliphatic imine (C=N–C) groups is 1. The average molecular weight is 429 g/mol. The number of methoxy groups -OCH3 is 2. The van der Waals surface area contributed by atoms with Crippen LogP contribution in [0, 0.1) is 0 Å². The summed E-state index contributed by atoms with van der Waals surface area (Å²) in [5.41, 5.74) is 2.42. The molecule has 0 bridgehead atoms. The van der Waals surface area contributed by atoms with Crippen molar-refractivity contribution < 1.29 is 9.47 Å². The Morgan fingerprint density at radius 1 is 1.26 bits per heavy atom.